The molecule has 2 heterocycles. The van der Waals surface area contributed by atoms with E-state index in [9.17, 15) is 18.4 Å². The fourth-order valence-corrected chi connectivity index (χ4v) is 5.49. The number of hydrogen-bond acceptors (Lipinski definition) is 10. The summed E-state index contributed by atoms with van der Waals surface area (Å²) in [5, 5.41) is 23.9. The quantitative estimate of drug-likeness (QED) is 0.0793. The van der Waals surface area contributed by atoms with Crippen LogP contribution in [0.3, 0.4) is 0 Å². The van der Waals surface area contributed by atoms with E-state index in [1.807, 2.05) is 6.07 Å². The van der Waals surface area contributed by atoms with Crippen molar-refractivity contribution in [3.05, 3.63) is 160 Å². The average Bonchev–Trinajstić information content (AvgIpc) is 3.21. The highest BCUT2D eigenvalue weighted by Crippen LogP contribution is 2.25. The van der Waals surface area contributed by atoms with Crippen LogP contribution >= 0.6 is 15.9 Å². The van der Waals surface area contributed by atoms with Gasteiger partial charge in [-0.15, -0.1) is 0 Å². The van der Waals surface area contributed by atoms with E-state index in [0.29, 0.717) is 30.5 Å². The van der Waals surface area contributed by atoms with E-state index in [-0.39, 0.29) is 33.5 Å². The maximum Gasteiger partial charge on any atom is 0.488 e. The summed E-state index contributed by atoms with van der Waals surface area (Å²) in [6, 6.07) is 26.0. The van der Waals surface area contributed by atoms with Gasteiger partial charge in [-0.3, -0.25) is 9.59 Å². The minimum absolute atomic E-state index is 0.135. The second kappa shape index (κ2) is 20.4. The van der Waals surface area contributed by atoms with E-state index in [0.717, 1.165) is 26.7 Å². The lowest BCUT2D eigenvalue weighted by Gasteiger charge is -2.25. The molecule has 0 aliphatic rings. The van der Waals surface area contributed by atoms with Crippen LogP contribution in [0.25, 0.3) is 11.1 Å². The van der Waals surface area contributed by atoms with Crippen molar-refractivity contribution < 1.29 is 28.4 Å². The summed E-state index contributed by atoms with van der Waals surface area (Å²) in [5.74, 6) is -0.444. The highest BCUT2D eigenvalue weighted by Gasteiger charge is 2.22. The minimum atomic E-state index is -1.57. The average molecular weight is 854 g/mol. The van der Waals surface area contributed by atoms with Gasteiger partial charge in [-0.25, -0.2) is 28.7 Å². The van der Waals surface area contributed by atoms with Crippen molar-refractivity contribution >= 4 is 52.2 Å². The van der Waals surface area contributed by atoms with Gasteiger partial charge in [0.15, 0.2) is 0 Å². The molecule has 0 bridgehead atoms. The highest BCUT2D eigenvalue weighted by atomic mass is 79.9. The molecule has 0 saturated carbocycles. The number of carbonyl (C=O) groups is 2. The molecule has 58 heavy (non-hydrogen) atoms. The van der Waals surface area contributed by atoms with Crippen LogP contribution in [0.15, 0.2) is 126 Å². The van der Waals surface area contributed by atoms with Crippen LogP contribution in [0.4, 0.5) is 20.7 Å². The number of primary amides is 2. The van der Waals surface area contributed by atoms with E-state index < -0.39 is 18.9 Å². The van der Waals surface area contributed by atoms with Crippen molar-refractivity contribution in [2.75, 3.05) is 23.7 Å². The maximum atomic E-state index is 13.1. The van der Waals surface area contributed by atoms with Gasteiger partial charge < -0.3 is 32.1 Å². The van der Waals surface area contributed by atoms with Gasteiger partial charge in [-0.05, 0) is 86.6 Å². The lowest BCUT2D eigenvalue weighted by Crippen LogP contribution is -2.30. The van der Waals surface area contributed by atoms with Crippen molar-refractivity contribution in [3.8, 4) is 11.1 Å². The summed E-state index contributed by atoms with van der Waals surface area (Å²) in [5.41, 5.74) is 14.6. The van der Waals surface area contributed by atoms with Crippen LogP contribution in [0, 0.1) is 11.6 Å². The third kappa shape index (κ3) is 13.5. The zero-order valence-corrected chi connectivity index (χ0v) is 33.9. The number of hydrogen-bond donors (Lipinski definition) is 6. The molecule has 0 unspecified atom stereocenters. The van der Waals surface area contributed by atoms with E-state index in [2.05, 4.69) is 74.2 Å². The Labute approximate surface area is 344 Å². The van der Waals surface area contributed by atoms with Gasteiger partial charge in [0.1, 0.15) is 11.6 Å². The van der Waals surface area contributed by atoms with Gasteiger partial charge in [-0.1, -0.05) is 76.2 Å². The third-order valence-corrected chi connectivity index (χ3v) is 9.26. The molecule has 2 amide bonds. The number of amides is 2. The van der Waals surface area contributed by atoms with E-state index in [1.54, 1.807) is 67.3 Å². The summed E-state index contributed by atoms with van der Waals surface area (Å²) in [4.78, 5) is 39.0. The van der Waals surface area contributed by atoms with Crippen molar-refractivity contribution in [1.82, 2.24) is 19.9 Å². The van der Waals surface area contributed by atoms with Gasteiger partial charge >= 0.3 is 7.12 Å². The lowest BCUT2D eigenvalue weighted by molar-refractivity contribution is 0.0992. The summed E-state index contributed by atoms with van der Waals surface area (Å²) < 4.78 is 26.9. The second-order valence-corrected chi connectivity index (χ2v) is 15.2. The van der Waals surface area contributed by atoms with Gasteiger partial charge in [0.25, 0.3) is 0 Å². The number of rotatable bonds is 12. The summed E-state index contributed by atoms with van der Waals surface area (Å²) in [6.07, 6.45) is 6.78. The number of halogens is 3. The SMILES string of the molecule is CC(C)(CNc1ncc(-c2cccc(C(N)=O)c2)cn1)c1ccc(F)cc1.CC(C)(CNc1ncc(Br)cn1)c1ccc(F)cc1.NC(=O)c1cccc(B(O)O)c1. The Balaban J connectivity index is 0.000000209. The normalized spacial score (nSPS) is 10.9. The predicted octanol–water partition coefficient (Wildman–Crippen LogP) is 6.00. The second-order valence-electron chi connectivity index (χ2n) is 14.3. The molecule has 16 heteroatoms. The molecule has 6 aromatic rings. The first-order valence-corrected chi connectivity index (χ1v) is 18.7. The number of aromatic nitrogens is 4. The Bertz CT molecular complexity index is 2260. The zero-order valence-electron chi connectivity index (χ0n) is 32.3. The lowest BCUT2D eigenvalue weighted by atomic mass is 9.79. The fourth-order valence-electron chi connectivity index (χ4n) is 5.28. The first kappa shape index (κ1) is 44.6. The zero-order chi connectivity index (χ0) is 42.5. The highest BCUT2D eigenvalue weighted by molar-refractivity contribution is 9.10. The largest absolute Gasteiger partial charge is 0.488 e. The van der Waals surface area contributed by atoms with Crippen LogP contribution in [-0.2, 0) is 10.8 Å². The predicted molar refractivity (Wildman–Crippen MR) is 226 cm³/mol. The molecule has 12 nitrogen and oxygen atoms in total. The van der Waals surface area contributed by atoms with E-state index in [4.69, 9.17) is 21.5 Å². The van der Waals surface area contributed by atoms with Gasteiger partial charge in [0.2, 0.25) is 23.7 Å². The van der Waals surface area contributed by atoms with Crippen LogP contribution in [0.2, 0.25) is 0 Å². The number of benzene rings is 4. The number of nitrogens with two attached hydrogens (primary N) is 2. The Kier molecular flexibility index (Phi) is 15.7. The molecular weight excluding hydrogens is 809 g/mol. The molecule has 8 N–H and O–H groups in total. The van der Waals surface area contributed by atoms with Crippen molar-refractivity contribution in [1.29, 1.82) is 0 Å². The molecule has 0 spiro atoms. The number of nitrogens with zero attached hydrogens (tertiary/aromatic N) is 4. The molecule has 0 saturated heterocycles. The summed E-state index contributed by atoms with van der Waals surface area (Å²) in [7, 11) is -1.57. The number of anilines is 2. The van der Waals surface area contributed by atoms with Crippen LogP contribution in [0.1, 0.15) is 59.5 Å². The van der Waals surface area contributed by atoms with E-state index >= 15 is 0 Å². The van der Waals surface area contributed by atoms with Crippen LogP contribution < -0.4 is 27.6 Å². The van der Waals surface area contributed by atoms with Gasteiger partial charge in [0, 0.05) is 65.4 Å². The first-order chi connectivity index (χ1) is 27.4. The standard InChI is InChI=1S/C21H21FN4O.C14H15BrFN3.C7H8BNO3/c1-21(2,17-6-8-18(22)9-7-17)13-26-20-24-11-16(12-25-20)14-4-3-5-15(10-14)19(23)27;1-14(2,10-3-5-12(16)6-4-10)9-19-13-17-7-11(15)8-18-13;9-7(10)5-2-1-3-6(4-5)8(11)12/h3-12H,13H2,1-2H3,(H2,23,27)(H,24,25,26);3-8H,9H2,1-2H3,(H,17,18,19);1-4,11-12H,(H2,9,10). The maximum absolute atomic E-state index is 13.1. The summed E-state index contributed by atoms with van der Waals surface area (Å²) >= 11 is 3.29. The Hall–Kier alpha value is -6.10. The number of nitrogens with one attached hydrogen (secondary N) is 2. The van der Waals surface area contributed by atoms with Crippen LogP contribution in [0.5, 0.6) is 0 Å². The smallest absolute Gasteiger partial charge is 0.423 e. The Morgan fingerprint density at radius 1 is 0.638 bits per heavy atom. The molecule has 6 rings (SSSR count). The molecule has 2 aromatic heterocycles. The molecular formula is C42H44BBrF2N8O4. The third-order valence-electron chi connectivity index (χ3n) is 8.85. The van der Waals surface area contributed by atoms with Gasteiger partial charge in [-0.2, -0.15) is 0 Å². The topological polar surface area (TPSA) is 202 Å². The number of carbonyl (C=O) groups excluding carboxylic acids is 2. The Morgan fingerprint density at radius 3 is 1.48 bits per heavy atom. The molecule has 0 atom stereocenters. The molecule has 0 radical (unpaired) electrons. The monoisotopic (exact) mass is 852 g/mol. The van der Waals surface area contributed by atoms with Crippen LogP contribution in [-0.4, -0.2) is 62.0 Å². The Morgan fingerprint density at radius 2 is 1.05 bits per heavy atom. The molecule has 300 valence electrons. The molecule has 4 aromatic carbocycles. The molecule has 0 fully saturated rings. The van der Waals surface area contributed by atoms with Gasteiger partial charge in [0.05, 0.1) is 4.47 Å². The first-order valence-electron chi connectivity index (χ1n) is 17.9. The molecule has 0 aliphatic carbocycles. The fraction of sp³-hybridized carbons (Fsp3) is 0.190. The minimum Gasteiger partial charge on any atom is -0.423 e. The molecule has 0 aliphatic heterocycles. The summed E-state index contributed by atoms with van der Waals surface area (Å²) in [6.45, 7) is 9.57. The van der Waals surface area contributed by atoms with Crippen molar-refractivity contribution in [3.63, 3.8) is 0 Å². The van der Waals surface area contributed by atoms with Crippen molar-refractivity contribution in [2.45, 2.75) is 38.5 Å². The van der Waals surface area contributed by atoms with Crippen molar-refractivity contribution in [2.24, 2.45) is 11.5 Å². The van der Waals surface area contributed by atoms with E-state index in [1.165, 1.54) is 48.5 Å².